The molecule has 0 fully saturated rings. The van der Waals surface area contributed by atoms with Crippen LogP contribution in [0.1, 0.15) is 89.5 Å². The van der Waals surface area contributed by atoms with Crippen LogP contribution in [0.3, 0.4) is 0 Å². The van der Waals surface area contributed by atoms with Gasteiger partial charge in [-0.25, -0.2) is 4.39 Å². The molecule has 0 saturated carbocycles. The number of ether oxygens (including phenoxy) is 2. The summed E-state index contributed by atoms with van der Waals surface area (Å²) in [6.07, 6.45) is 17.1. The summed E-state index contributed by atoms with van der Waals surface area (Å²) in [5.74, 6) is -0.480. The van der Waals surface area contributed by atoms with Crippen molar-refractivity contribution < 1.29 is 40.2 Å². The number of hydrogen-bond donors (Lipinski definition) is 1. The second kappa shape index (κ2) is 20.4. The van der Waals surface area contributed by atoms with Gasteiger partial charge in [0.05, 0.1) is 12.0 Å². The van der Waals surface area contributed by atoms with E-state index in [1.54, 1.807) is 23.5 Å². The lowest BCUT2D eigenvalue weighted by molar-refractivity contribution is -0.683. The van der Waals surface area contributed by atoms with E-state index in [-0.39, 0.29) is 41.0 Å². The standard InChI is InChI=1S/C32H43FN2O3S.BrH/c1-2-3-4-5-6-7-8-9-10-11-12-13-21-37-32-29(33)18-15-19-30(32)38-25-31(36)34-28-17-14-16-27(23-28)24-35-20-22-39-26-35;/h14-20,22-23,26H,2-13,21,24-25H2,1H3;1H. The minimum atomic E-state index is -0.481. The second-order valence-corrected chi connectivity index (χ2v) is 10.8. The maximum Gasteiger partial charge on any atom is 0.262 e. The maximum absolute atomic E-state index is 14.5. The van der Waals surface area contributed by atoms with Crippen LogP contribution in [0.15, 0.2) is 59.6 Å². The van der Waals surface area contributed by atoms with Gasteiger partial charge < -0.3 is 31.8 Å². The number of nitrogens with one attached hydrogen (secondary N) is 1. The molecule has 3 aromatic rings. The highest BCUT2D eigenvalue weighted by molar-refractivity contribution is 7.07. The zero-order valence-electron chi connectivity index (χ0n) is 23.7. The van der Waals surface area contributed by atoms with E-state index in [4.69, 9.17) is 9.47 Å². The number of aromatic nitrogens is 1. The Kier molecular flexibility index (Phi) is 17.2. The molecule has 0 radical (unpaired) electrons. The number of unbranched alkanes of at least 4 members (excludes halogenated alkanes) is 11. The molecular formula is C32H44BrFN2O3S. The molecule has 0 spiro atoms. The van der Waals surface area contributed by atoms with Crippen molar-refractivity contribution in [3.05, 3.63) is 70.9 Å². The molecule has 1 N–H and O–H groups in total. The first kappa shape index (κ1) is 33.8. The number of nitrogens with zero attached hydrogens (tertiary/aromatic N) is 1. The summed E-state index contributed by atoms with van der Waals surface area (Å²) in [5, 5.41) is 4.88. The van der Waals surface area contributed by atoms with Crippen LogP contribution in [0.25, 0.3) is 0 Å². The number of hydrogen-bond acceptors (Lipinski definition) is 4. The van der Waals surface area contributed by atoms with Crippen LogP contribution < -0.4 is 36.3 Å². The highest BCUT2D eigenvalue weighted by atomic mass is 79.9. The number of anilines is 1. The summed E-state index contributed by atoms with van der Waals surface area (Å²) >= 11 is 1.63. The van der Waals surface area contributed by atoms with Gasteiger partial charge in [-0.1, -0.05) is 107 Å². The van der Waals surface area contributed by atoms with Crippen molar-refractivity contribution in [1.29, 1.82) is 0 Å². The number of carbonyl (C=O) groups is 1. The SMILES string of the molecule is CCCCCCCCCCCCCCOc1c(F)cccc1OCC(=O)Nc1cccc(C[n+]2ccsc2)c1.[Br-]. The molecule has 0 atom stereocenters. The van der Waals surface area contributed by atoms with E-state index in [9.17, 15) is 9.18 Å². The number of rotatable bonds is 20. The normalized spacial score (nSPS) is 10.7. The number of carbonyl (C=O) groups excluding carboxylic acids is 1. The van der Waals surface area contributed by atoms with Crippen molar-refractivity contribution in [2.75, 3.05) is 18.5 Å². The molecule has 1 heterocycles. The van der Waals surface area contributed by atoms with Crippen LogP contribution in [0.5, 0.6) is 11.5 Å². The van der Waals surface area contributed by atoms with E-state index in [2.05, 4.69) is 16.8 Å². The molecular weight excluding hydrogens is 591 g/mol. The van der Waals surface area contributed by atoms with Crippen molar-refractivity contribution >= 4 is 22.9 Å². The molecule has 0 aliphatic heterocycles. The van der Waals surface area contributed by atoms with Crippen molar-refractivity contribution in [3.63, 3.8) is 0 Å². The Morgan fingerprint density at radius 3 is 2.25 bits per heavy atom. The topological polar surface area (TPSA) is 51.4 Å². The third-order valence-electron chi connectivity index (χ3n) is 6.64. The zero-order chi connectivity index (χ0) is 27.5. The second-order valence-electron chi connectivity index (χ2n) is 10.0. The maximum atomic E-state index is 14.5. The molecule has 1 aromatic heterocycles. The third kappa shape index (κ3) is 13.3. The van der Waals surface area contributed by atoms with Gasteiger partial charge in [0.1, 0.15) is 0 Å². The van der Waals surface area contributed by atoms with Crippen LogP contribution >= 0.6 is 11.3 Å². The lowest BCUT2D eigenvalue weighted by Crippen LogP contribution is -3.00. The lowest BCUT2D eigenvalue weighted by atomic mass is 10.1. The Morgan fingerprint density at radius 1 is 0.900 bits per heavy atom. The van der Waals surface area contributed by atoms with E-state index in [1.165, 1.54) is 70.3 Å². The fourth-order valence-corrected chi connectivity index (χ4v) is 5.11. The quantitative estimate of drug-likeness (QED) is 0.135. The first-order valence-electron chi connectivity index (χ1n) is 14.5. The Bertz CT molecular complexity index is 1100. The van der Waals surface area contributed by atoms with Crippen molar-refractivity contribution in [1.82, 2.24) is 0 Å². The number of para-hydroxylation sites is 1. The van der Waals surface area contributed by atoms with E-state index in [1.807, 2.05) is 41.4 Å². The number of benzene rings is 2. The molecule has 0 bridgehead atoms. The van der Waals surface area contributed by atoms with Gasteiger partial charge in [-0.05, 0) is 30.7 Å². The van der Waals surface area contributed by atoms with Gasteiger partial charge >= 0.3 is 0 Å². The van der Waals surface area contributed by atoms with Crippen LogP contribution in [0.2, 0.25) is 0 Å². The highest BCUT2D eigenvalue weighted by Gasteiger charge is 2.13. The Labute approximate surface area is 253 Å². The third-order valence-corrected chi connectivity index (χ3v) is 7.31. The molecule has 3 rings (SSSR count). The molecule has 0 aliphatic carbocycles. The first-order valence-corrected chi connectivity index (χ1v) is 15.4. The minimum Gasteiger partial charge on any atom is -1.00 e. The van der Waals surface area contributed by atoms with Gasteiger partial charge in [0, 0.05) is 11.3 Å². The summed E-state index contributed by atoms with van der Waals surface area (Å²) in [4.78, 5) is 12.5. The fraction of sp³-hybridized carbons (Fsp3) is 0.500. The monoisotopic (exact) mass is 634 g/mol. The molecule has 8 heteroatoms. The highest BCUT2D eigenvalue weighted by Crippen LogP contribution is 2.30. The van der Waals surface area contributed by atoms with E-state index >= 15 is 0 Å². The van der Waals surface area contributed by atoms with Crippen molar-refractivity contribution in [2.45, 2.75) is 90.5 Å². The van der Waals surface area contributed by atoms with Gasteiger partial charge in [-0.3, -0.25) is 4.79 Å². The average molecular weight is 636 g/mol. The molecule has 5 nitrogen and oxygen atoms in total. The van der Waals surface area contributed by atoms with Crippen LogP contribution in [0, 0.1) is 5.82 Å². The molecule has 0 saturated heterocycles. The van der Waals surface area contributed by atoms with Crippen LogP contribution in [-0.2, 0) is 11.3 Å². The molecule has 2 aromatic carbocycles. The van der Waals surface area contributed by atoms with Gasteiger partial charge in [0.15, 0.2) is 36.7 Å². The number of halogens is 2. The summed E-state index contributed by atoms with van der Waals surface area (Å²) < 4.78 is 27.9. The average Bonchev–Trinajstić information content (AvgIpc) is 3.44. The van der Waals surface area contributed by atoms with Gasteiger partial charge in [-0.2, -0.15) is 4.57 Å². The molecule has 220 valence electrons. The predicted octanol–water partition coefficient (Wildman–Crippen LogP) is 5.32. The zero-order valence-corrected chi connectivity index (χ0v) is 26.1. The number of amides is 1. The van der Waals surface area contributed by atoms with E-state index in [0.29, 0.717) is 12.3 Å². The van der Waals surface area contributed by atoms with E-state index < -0.39 is 5.82 Å². The minimum absolute atomic E-state index is 0. The van der Waals surface area contributed by atoms with E-state index in [0.717, 1.165) is 24.9 Å². The van der Waals surface area contributed by atoms with Crippen molar-refractivity contribution in [3.8, 4) is 11.5 Å². The number of thiazole rings is 1. The molecule has 0 unspecified atom stereocenters. The Hall–Kier alpha value is -2.45. The first-order chi connectivity index (χ1) is 19.2. The van der Waals surface area contributed by atoms with Gasteiger partial charge in [0.25, 0.3) is 5.91 Å². The molecule has 40 heavy (non-hydrogen) atoms. The predicted molar refractivity (Wildman–Crippen MR) is 157 cm³/mol. The Morgan fingerprint density at radius 2 is 1.57 bits per heavy atom. The molecule has 1 amide bonds. The summed E-state index contributed by atoms with van der Waals surface area (Å²) in [7, 11) is 0. The fourth-order valence-electron chi connectivity index (χ4n) is 4.51. The van der Waals surface area contributed by atoms with Gasteiger partial charge in [-0.15, -0.1) is 0 Å². The molecule has 0 aliphatic rings. The summed E-state index contributed by atoms with van der Waals surface area (Å²) in [6.45, 7) is 3.18. The van der Waals surface area contributed by atoms with Crippen molar-refractivity contribution in [2.24, 2.45) is 0 Å². The lowest BCUT2D eigenvalue weighted by Gasteiger charge is -2.13. The Balaban J connectivity index is 0.00000560. The summed E-state index contributed by atoms with van der Waals surface area (Å²) in [6, 6.07) is 12.2. The summed E-state index contributed by atoms with van der Waals surface area (Å²) in [5.41, 5.74) is 3.81. The smallest absolute Gasteiger partial charge is 0.262 e. The van der Waals surface area contributed by atoms with Crippen LogP contribution in [-0.4, -0.2) is 19.1 Å². The largest absolute Gasteiger partial charge is 1.00 e. The van der Waals surface area contributed by atoms with Crippen LogP contribution in [0.4, 0.5) is 10.1 Å². The van der Waals surface area contributed by atoms with Gasteiger partial charge in [0.2, 0.25) is 5.51 Å².